The predicted molar refractivity (Wildman–Crippen MR) is 66.8 cm³/mol. The van der Waals surface area contributed by atoms with Crippen LogP contribution in [-0.2, 0) is 6.54 Å². The summed E-state index contributed by atoms with van der Waals surface area (Å²) in [5.74, 6) is -0.224. The zero-order valence-electron chi connectivity index (χ0n) is 9.24. The van der Waals surface area contributed by atoms with Gasteiger partial charge in [0.25, 0.3) is 0 Å². The first-order chi connectivity index (χ1) is 7.58. The SMILES string of the molecule is CN(Cc1ccc(C(N)=S)cc1F)C1CC1. The van der Waals surface area contributed by atoms with Crippen molar-refractivity contribution in [1.82, 2.24) is 4.90 Å². The molecule has 1 aromatic carbocycles. The van der Waals surface area contributed by atoms with Crippen LogP contribution in [0.5, 0.6) is 0 Å². The van der Waals surface area contributed by atoms with Crippen LogP contribution in [-0.4, -0.2) is 23.0 Å². The first-order valence-corrected chi connectivity index (χ1v) is 5.77. The molecule has 2 rings (SSSR count). The molecule has 0 heterocycles. The quantitative estimate of drug-likeness (QED) is 0.814. The molecule has 1 fully saturated rings. The van der Waals surface area contributed by atoms with Crippen LogP contribution < -0.4 is 5.73 Å². The maximum atomic E-state index is 13.7. The summed E-state index contributed by atoms with van der Waals surface area (Å²) in [5, 5.41) is 0. The molecule has 16 heavy (non-hydrogen) atoms. The van der Waals surface area contributed by atoms with E-state index < -0.39 is 0 Å². The fourth-order valence-corrected chi connectivity index (χ4v) is 1.87. The second-order valence-corrected chi connectivity index (χ2v) is 4.76. The number of thiocarbonyl (C=S) groups is 1. The third-order valence-electron chi connectivity index (χ3n) is 2.93. The molecule has 0 radical (unpaired) electrons. The highest BCUT2D eigenvalue weighted by Gasteiger charge is 2.26. The Bertz CT molecular complexity index is 415. The monoisotopic (exact) mass is 238 g/mol. The van der Waals surface area contributed by atoms with E-state index in [9.17, 15) is 4.39 Å². The largest absolute Gasteiger partial charge is 0.389 e. The normalized spacial score (nSPS) is 15.4. The lowest BCUT2D eigenvalue weighted by Crippen LogP contribution is -2.21. The summed E-state index contributed by atoms with van der Waals surface area (Å²) in [4.78, 5) is 2.42. The summed E-state index contributed by atoms with van der Waals surface area (Å²) >= 11 is 4.81. The minimum atomic E-state index is -0.224. The van der Waals surface area contributed by atoms with Crippen molar-refractivity contribution in [3.05, 3.63) is 35.1 Å². The number of nitrogens with two attached hydrogens (primary N) is 1. The molecule has 1 aliphatic carbocycles. The van der Waals surface area contributed by atoms with Gasteiger partial charge in [-0.15, -0.1) is 0 Å². The summed E-state index contributed by atoms with van der Waals surface area (Å²) in [7, 11) is 2.03. The van der Waals surface area contributed by atoms with Crippen molar-refractivity contribution in [3.8, 4) is 0 Å². The first-order valence-electron chi connectivity index (χ1n) is 5.36. The minimum absolute atomic E-state index is 0.224. The molecule has 0 bridgehead atoms. The van der Waals surface area contributed by atoms with Crippen molar-refractivity contribution < 1.29 is 4.39 Å². The van der Waals surface area contributed by atoms with Crippen LogP contribution in [0.1, 0.15) is 24.0 Å². The molecule has 4 heteroatoms. The molecule has 1 aromatic rings. The van der Waals surface area contributed by atoms with Gasteiger partial charge in [0.15, 0.2) is 0 Å². The molecule has 0 amide bonds. The molecule has 0 atom stereocenters. The van der Waals surface area contributed by atoms with Crippen LogP contribution in [0.3, 0.4) is 0 Å². The Morgan fingerprint density at radius 3 is 2.75 bits per heavy atom. The van der Waals surface area contributed by atoms with Gasteiger partial charge in [-0.05, 0) is 26.0 Å². The van der Waals surface area contributed by atoms with Gasteiger partial charge in [-0.2, -0.15) is 0 Å². The zero-order chi connectivity index (χ0) is 11.7. The van der Waals surface area contributed by atoms with E-state index in [2.05, 4.69) is 4.90 Å². The smallest absolute Gasteiger partial charge is 0.128 e. The molecule has 2 N–H and O–H groups in total. The second-order valence-electron chi connectivity index (χ2n) is 4.32. The Balaban J connectivity index is 2.12. The zero-order valence-corrected chi connectivity index (χ0v) is 10.1. The van der Waals surface area contributed by atoms with Crippen molar-refractivity contribution in [3.63, 3.8) is 0 Å². The van der Waals surface area contributed by atoms with Crippen molar-refractivity contribution in [2.45, 2.75) is 25.4 Å². The molecule has 0 spiro atoms. The average Bonchev–Trinajstić information content (AvgIpc) is 3.03. The van der Waals surface area contributed by atoms with Gasteiger partial charge in [-0.1, -0.05) is 24.4 Å². The summed E-state index contributed by atoms with van der Waals surface area (Å²) in [6.45, 7) is 0.647. The van der Waals surface area contributed by atoms with Gasteiger partial charge in [0.2, 0.25) is 0 Å². The topological polar surface area (TPSA) is 29.3 Å². The molecule has 1 aliphatic rings. The number of hydrogen-bond acceptors (Lipinski definition) is 2. The summed E-state index contributed by atoms with van der Waals surface area (Å²) in [6.07, 6.45) is 2.45. The van der Waals surface area contributed by atoms with E-state index in [1.54, 1.807) is 12.1 Å². The lowest BCUT2D eigenvalue weighted by molar-refractivity contribution is 0.311. The van der Waals surface area contributed by atoms with Crippen molar-refractivity contribution in [2.75, 3.05) is 7.05 Å². The van der Waals surface area contributed by atoms with Gasteiger partial charge in [-0.3, -0.25) is 4.90 Å². The molecule has 1 saturated carbocycles. The molecule has 0 saturated heterocycles. The predicted octanol–water partition coefficient (Wildman–Crippen LogP) is 2.05. The van der Waals surface area contributed by atoms with Crippen LogP contribution in [0.15, 0.2) is 18.2 Å². The van der Waals surface area contributed by atoms with Gasteiger partial charge in [0.05, 0.1) is 0 Å². The number of nitrogens with zero attached hydrogens (tertiary/aromatic N) is 1. The molecule has 86 valence electrons. The molecular formula is C12H15FN2S. The van der Waals surface area contributed by atoms with E-state index >= 15 is 0 Å². The van der Waals surface area contributed by atoms with E-state index in [0.29, 0.717) is 23.7 Å². The summed E-state index contributed by atoms with van der Waals surface area (Å²) in [5.41, 5.74) is 6.74. The highest BCUT2D eigenvalue weighted by molar-refractivity contribution is 7.80. The second kappa shape index (κ2) is 4.47. The van der Waals surface area contributed by atoms with E-state index in [0.717, 1.165) is 0 Å². The van der Waals surface area contributed by atoms with Gasteiger partial charge >= 0.3 is 0 Å². The van der Waals surface area contributed by atoms with Crippen molar-refractivity contribution in [1.29, 1.82) is 0 Å². The number of benzene rings is 1. The molecule has 0 aliphatic heterocycles. The lowest BCUT2D eigenvalue weighted by atomic mass is 10.1. The van der Waals surface area contributed by atoms with Crippen LogP contribution in [0, 0.1) is 5.82 Å². The summed E-state index contributed by atoms with van der Waals surface area (Å²) in [6, 6.07) is 5.59. The standard InChI is InChI=1S/C12H15FN2S/c1-15(10-4-5-10)7-9-3-2-8(12(14)16)6-11(9)13/h2-3,6,10H,4-5,7H2,1H3,(H2,14,16). The third-order valence-corrected chi connectivity index (χ3v) is 3.16. The van der Waals surface area contributed by atoms with E-state index in [1.807, 2.05) is 7.05 Å². The van der Waals surface area contributed by atoms with E-state index in [1.165, 1.54) is 18.9 Å². The Hall–Kier alpha value is -1.00. The van der Waals surface area contributed by atoms with Crippen molar-refractivity contribution >= 4 is 17.2 Å². The minimum Gasteiger partial charge on any atom is -0.389 e. The van der Waals surface area contributed by atoms with Crippen molar-refractivity contribution in [2.24, 2.45) is 5.73 Å². The molecule has 2 nitrogen and oxygen atoms in total. The maximum absolute atomic E-state index is 13.7. The van der Waals surface area contributed by atoms with Gasteiger partial charge < -0.3 is 5.73 Å². The van der Waals surface area contributed by atoms with E-state index in [-0.39, 0.29) is 10.8 Å². The van der Waals surface area contributed by atoms with Crippen LogP contribution >= 0.6 is 12.2 Å². The lowest BCUT2D eigenvalue weighted by Gasteiger charge is -2.16. The number of rotatable bonds is 4. The average molecular weight is 238 g/mol. The molecule has 0 aromatic heterocycles. The Morgan fingerprint density at radius 2 is 2.25 bits per heavy atom. The third kappa shape index (κ3) is 2.57. The van der Waals surface area contributed by atoms with Gasteiger partial charge in [-0.25, -0.2) is 4.39 Å². The first kappa shape index (κ1) is 11.5. The highest BCUT2D eigenvalue weighted by atomic mass is 32.1. The fourth-order valence-electron chi connectivity index (χ4n) is 1.74. The molecule has 0 unspecified atom stereocenters. The van der Waals surface area contributed by atoms with Crippen LogP contribution in [0.4, 0.5) is 4.39 Å². The van der Waals surface area contributed by atoms with Crippen LogP contribution in [0.2, 0.25) is 0 Å². The number of hydrogen-bond donors (Lipinski definition) is 1. The van der Waals surface area contributed by atoms with Crippen LogP contribution in [0.25, 0.3) is 0 Å². The fraction of sp³-hybridized carbons (Fsp3) is 0.417. The summed E-state index contributed by atoms with van der Waals surface area (Å²) < 4.78 is 13.7. The maximum Gasteiger partial charge on any atom is 0.128 e. The Labute approximate surface area is 100 Å². The Kier molecular flexibility index (Phi) is 3.21. The van der Waals surface area contributed by atoms with E-state index in [4.69, 9.17) is 18.0 Å². The van der Waals surface area contributed by atoms with Gasteiger partial charge in [0.1, 0.15) is 10.8 Å². The highest BCUT2D eigenvalue weighted by Crippen LogP contribution is 2.27. The molecular weight excluding hydrogens is 223 g/mol. The van der Waals surface area contributed by atoms with Gasteiger partial charge in [0, 0.05) is 23.7 Å². The Morgan fingerprint density at radius 1 is 1.56 bits per heavy atom. The number of halogens is 1.